The molecule has 2 heterocycles. The highest BCUT2D eigenvalue weighted by molar-refractivity contribution is 9.08. The van der Waals surface area contributed by atoms with Crippen LogP contribution in [0.1, 0.15) is 46.7 Å². The van der Waals surface area contributed by atoms with E-state index in [2.05, 4.69) is 40.7 Å². The number of hydrogen-bond acceptors (Lipinski definition) is 9. The Labute approximate surface area is 156 Å². The van der Waals surface area contributed by atoms with E-state index in [1.54, 1.807) is 13.8 Å². The molecule has 0 aliphatic rings. The van der Waals surface area contributed by atoms with Crippen LogP contribution in [0, 0.1) is 0 Å². The summed E-state index contributed by atoms with van der Waals surface area (Å²) in [4.78, 5) is 32.2. The van der Waals surface area contributed by atoms with Crippen LogP contribution in [-0.4, -0.2) is 35.1 Å². The fourth-order valence-corrected chi connectivity index (χ4v) is 1.70. The van der Waals surface area contributed by atoms with E-state index in [1.807, 2.05) is 0 Å². The molecule has 11 nitrogen and oxygen atoms in total. The van der Waals surface area contributed by atoms with Gasteiger partial charge in [-0.1, -0.05) is 21.0 Å². The summed E-state index contributed by atoms with van der Waals surface area (Å²) in [5.74, 6) is -0.241. The minimum Gasteiger partial charge on any atom is -0.460 e. The zero-order chi connectivity index (χ0) is 19.4. The fraction of sp³-hybridized carbons (Fsp3) is 0.429. The maximum absolute atomic E-state index is 11.1. The molecule has 2 rings (SSSR count). The monoisotopic (exact) mass is 429 g/mol. The molecule has 2 aromatic rings. The summed E-state index contributed by atoms with van der Waals surface area (Å²) in [6.07, 6.45) is 2.59. The van der Waals surface area contributed by atoms with Crippen molar-refractivity contribution < 1.29 is 27.9 Å². The van der Waals surface area contributed by atoms with Gasteiger partial charge in [-0.2, -0.15) is 0 Å². The summed E-state index contributed by atoms with van der Waals surface area (Å²) in [6.45, 7) is 4.01. The highest BCUT2D eigenvalue weighted by atomic mass is 79.9. The van der Waals surface area contributed by atoms with Gasteiger partial charge in [-0.15, -0.1) is 0 Å². The van der Waals surface area contributed by atoms with Crippen molar-refractivity contribution in [1.82, 2.24) is 9.97 Å². The van der Waals surface area contributed by atoms with Crippen LogP contribution in [-0.2, 0) is 21.3 Å². The summed E-state index contributed by atoms with van der Waals surface area (Å²) >= 11 is 3.15. The van der Waals surface area contributed by atoms with Crippen molar-refractivity contribution in [3.05, 3.63) is 46.1 Å². The lowest BCUT2D eigenvalue weighted by molar-refractivity contribution is 0.0480. The number of alkyl halides is 1. The van der Waals surface area contributed by atoms with Crippen molar-refractivity contribution >= 4 is 27.9 Å². The number of ether oxygens (including phenoxy) is 2. The Morgan fingerprint density at radius 3 is 2.04 bits per heavy atom. The van der Waals surface area contributed by atoms with E-state index in [4.69, 9.17) is 19.1 Å². The molecule has 140 valence electrons. The minimum atomic E-state index is -0.577. The molecule has 0 unspecified atom stereocenters. The average Bonchev–Trinajstić information content (AvgIpc) is 3.30. The predicted molar refractivity (Wildman–Crippen MR) is 90.4 cm³/mol. The summed E-state index contributed by atoms with van der Waals surface area (Å²) in [6, 6.07) is 0. The predicted octanol–water partition coefficient (Wildman–Crippen LogP) is 3.41. The molecular weight excluding hydrogens is 414 g/mol. The van der Waals surface area contributed by atoms with Crippen molar-refractivity contribution in [2.45, 2.75) is 25.7 Å². The molecule has 12 heteroatoms. The van der Waals surface area contributed by atoms with Gasteiger partial charge in [0.25, 0.3) is 0 Å². The number of esters is 2. The second kappa shape index (κ2) is 11.7. The van der Waals surface area contributed by atoms with Crippen LogP contribution in [0.2, 0.25) is 0 Å². The van der Waals surface area contributed by atoms with Gasteiger partial charge >= 0.3 is 11.9 Å². The molecule has 0 aromatic carbocycles. The molecule has 0 N–H and O–H groups in total. The molecule has 0 aliphatic heterocycles. The first-order valence-electron chi connectivity index (χ1n) is 7.36. The molecule has 0 radical (unpaired) electrons. The molecular formula is C14H16BrN5O6. The third-order valence-corrected chi connectivity index (χ3v) is 2.92. The number of rotatable bonds is 7. The zero-order valence-corrected chi connectivity index (χ0v) is 15.6. The van der Waals surface area contributed by atoms with E-state index in [0.29, 0.717) is 17.8 Å². The number of nitrogens with zero attached hydrogens (tertiary/aromatic N) is 5. The lowest BCUT2D eigenvalue weighted by Gasteiger charge is -1.95. The van der Waals surface area contributed by atoms with Crippen LogP contribution >= 0.6 is 15.9 Å². The molecule has 2 aromatic heterocycles. The molecule has 0 amide bonds. The highest BCUT2D eigenvalue weighted by Gasteiger charge is 2.13. The fourth-order valence-electron chi connectivity index (χ4n) is 1.44. The lowest BCUT2D eigenvalue weighted by Crippen LogP contribution is -2.02. The summed E-state index contributed by atoms with van der Waals surface area (Å²) in [5, 5.41) is 3.73. The second-order valence-corrected chi connectivity index (χ2v) is 4.76. The molecule has 0 saturated heterocycles. The van der Waals surface area contributed by atoms with Crippen molar-refractivity contribution in [3.63, 3.8) is 0 Å². The van der Waals surface area contributed by atoms with Gasteiger partial charge in [0, 0.05) is 4.91 Å². The summed E-state index contributed by atoms with van der Waals surface area (Å²) in [7, 11) is 0. The zero-order valence-electron chi connectivity index (χ0n) is 14.0. The highest BCUT2D eigenvalue weighted by Crippen LogP contribution is 2.08. The number of halogens is 1. The third kappa shape index (κ3) is 6.95. The van der Waals surface area contributed by atoms with Gasteiger partial charge in [-0.05, 0) is 19.4 Å². The van der Waals surface area contributed by atoms with Crippen molar-refractivity contribution in [2.75, 3.05) is 13.2 Å². The normalized spacial score (nSPS) is 9.50. The Morgan fingerprint density at radius 2 is 1.62 bits per heavy atom. The van der Waals surface area contributed by atoms with Gasteiger partial charge in [-0.3, -0.25) is 0 Å². The Hall–Kier alpha value is -2.85. The number of aromatic nitrogens is 2. The van der Waals surface area contributed by atoms with Gasteiger partial charge in [0.2, 0.25) is 23.3 Å². The van der Waals surface area contributed by atoms with Gasteiger partial charge < -0.3 is 18.3 Å². The quantitative estimate of drug-likeness (QED) is 0.213. The van der Waals surface area contributed by atoms with Crippen LogP contribution in [0.25, 0.3) is 10.4 Å². The molecule has 0 fully saturated rings. The van der Waals surface area contributed by atoms with Crippen LogP contribution in [0.3, 0.4) is 0 Å². The third-order valence-electron chi connectivity index (χ3n) is 2.44. The van der Waals surface area contributed by atoms with Gasteiger partial charge in [0.1, 0.15) is 6.54 Å². The van der Waals surface area contributed by atoms with Gasteiger partial charge in [-0.25, -0.2) is 19.6 Å². The first kappa shape index (κ1) is 21.2. The molecule has 26 heavy (non-hydrogen) atoms. The largest absolute Gasteiger partial charge is 0.460 e. The molecule has 0 aliphatic carbocycles. The number of hydrogen-bond donors (Lipinski definition) is 0. The van der Waals surface area contributed by atoms with Crippen LogP contribution in [0.15, 0.2) is 26.3 Å². The number of carbonyl (C=O) groups excluding carboxylic acids is 2. The maximum Gasteiger partial charge on any atom is 0.375 e. The Bertz CT molecular complexity index is 767. The first-order valence-corrected chi connectivity index (χ1v) is 8.48. The number of carbonyl (C=O) groups is 2. The summed E-state index contributed by atoms with van der Waals surface area (Å²) < 4.78 is 19.3. The Balaban J connectivity index is 0.000000263. The topological polar surface area (TPSA) is 153 Å². The molecule has 0 atom stereocenters. The van der Waals surface area contributed by atoms with Crippen molar-refractivity contribution in [3.8, 4) is 0 Å². The van der Waals surface area contributed by atoms with Gasteiger partial charge in [0.05, 0.1) is 30.9 Å². The van der Waals surface area contributed by atoms with E-state index in [-0.39, 0.29) is 30.6 Å². The van der Waals surface area contributed by atoms with Gasteiger partial charge in [0.15, 0.2) is 0 Å². The second-order valence-electron chi connectivity index (χ2n) is 4.20. The van der Waals surface area contributed by atoms with Crippen LogP contribution < -0.4 is 0 Å². The Kier molecular flexibility index (Phi) is 9.50. The van der Waals surface area contributed by atoms with Crippen molar-refractivity contribution in [2.24, 2.45) is 5.11 Å². The van der Waals surface area contributed by atoms with Crippen molar-refractivity contribution in [1.29, 1.82) is 0 Å². The minimum absolute atomic E-state index is 0.00925. The molecule has 0 spiro atoms. The Morgan fingerprint density at radius 1 is 1.12 bits per heavy atom. The van der Waals surface area contributed by atoms with E-state index in [0.717, 1.165) is 0 Å². The van der Waals surface area contributed by atoms with E-state index >= 15 is 0 Å². The SMILES string of the molecule is CCOC(=O)c1cnc(CBr)o1.CCOC(=O)c1cnc(CN=[N+]=[N-])o1. The maximum atomic E-state index is 11.1. The van der Waals surface area contributed by atoms with E-state index < -0.39 is 11.9 Å². The smallest absolute Gasteiger partial charge is 0.375 e. The average molecular weight is 430 g/mol. The summed E-state index contributed by atoms with van der Waals surface area (Å²) in [5.41, 5.74) is 8.03. The van der Waals surface area contributed by atoms with Crippen LogP contribution in [0.4, 0.5) is 0 Å². The standard InChI is InChI=1S/C7H8BrNO3.C7H8N4O3/c1-2-11-7(10)5-4-9-6(3-8)12-5;1-2-13-7(12)5-3-9-6(14-5)4-10-11-8/h4H,2-3H2,1H3;3H,2,4H2,1H3. The first-order chi connectivity index (χ1) is 12.5. The number of oxazole rings is 2. The molecule has 0 bridgehead atoms. The van der Waals surface area contributed by atoms with Crippen LogP contribution in [0.5, 0.6) is 0 Å². The van der Waals surface area contributed by atoms with E-state index in [1.165, 1.54) is 12.4 Å². The number of azide groups is 1. The molecule has 0 saturated carbocycles. The lowest BCUT2D eigenvalue weighted by atomic mass is 10.5. The van der Waals surface area contributed by atoms with E-state index in [9.17, 15) is 9.59 Å².